The van der Waals surface area contributed by atoms with Crippen molar-refractivity contribution in [2.45, 2.75) is 32.7 Å². The molecule has 0 saturated carbocycles. The third-order valence-electron chi connectivity index (χ3n) is 4.27. The third-order valence-corrected chi connectivity index (χ3v) is 4.27. The zero-order valence-electron chi connectivity index (χ0n) is 14.5. The molecule has 0 aromatic carbocycles. The molecule has 2 heterocycles. The molecule has 0 spiro atoms. The minimum absolute atomic E-state index is 0.242. The number of amides is 1. The van der Waals surface area contributed by atoms with Crippen molar-refractivity contribution in [3.05, 3.63) is 24.3 Å². The van der Waals surface area contributed by atoms with E-state index in [1.807, 2.05) is 18.5 Å². The summed E-state index contributed by atoms with van der Waals surface area (Å²) >= 11 is 0. The summed E-state index contributed by atoms with van der Waals surface area (Å²) in [6.45, 7) is 8.44. The molecule has 0 radical (unpaired) electrons. The monoisotopic (exact) mass is 333 g/mol. The van der Waals surface area contributed by atoms with Crippen LogP contribution in [0, 0.1) is 12.8 Å². The van der Waals surface area contributed by atoms with Gasteiger partial charge in [-0.2, -0.15) is 0 Å². The highest BCUT2D eigenvalue weighted by molar-refractivity contribution is 5.80. The number of aromatic nitrogens is 3. The Labute approximate surface area is 142 Å². The van der Waals surface area contributed by atoms with Crippen LogP contribution in [-0.2, 0) is 18.4 Å². The fourth-order valence-corrected chi connectivity index (χ4v) is 2.87. The Morgan fingerprint density at radius 3 is 2.96 bits per heavy atom. The van der Waals surface area contributed by atoms with Crippen LogP contribution in [-0.4, -0.2) is 51.2 Å². The summed E-state index contributed by atoms with van der Waals surface area (Å²) in [5.74, 6) is 2.53. The Kier molecular flexibility index (Phi) is 6.34. The second-order valence-corrected chi connectivity index (χ2v) is 6.16. The molecule has 3 N–H and O–H groups in total. The van der Waals surface area contributed by atoms with E-state index < -0.39 is 0 Å². The molecule has 1 fully saturated rings. The van der Waals surface area contributed by atoms with Gasteiger partial charge in [0.15, 0.2) is 11.8 Å². The maximum Gasteiger partial charge on any atom is 0.217 e. The molecule has 1 unspecified atom stereocenters. The summed E-state index contributed by atoms with van der Waals surface area (Å²) in [5, 5.41) is 11.5. The molecule has 0 bridgehead atoms. The third kappa shape index (κ3) is 4.81. The first-order chi connectivity index (χ1) is 11.5. The first kappa shape index (κ1) is 18.0. The number of rotatable bonds is 6. The zero-order valence-corrected chi connectivity index (χ0v) is 14.5. The van der Waals surface area contributed by atoms with E-state index in [1.165, 1.54) is 0 Å². The molecule has 1 amide bonds. The van der Waals surface area contributed by atoms with E-state index >= 15 is 0 Å². The molecule has 2 rings (SSSR count). The number of aliphatic imine (C=N–C) groups is 1. The Morgan fingerprint density at radius 1 is 1.54 bits per heavy atom. The minimum Gasteiger partial charge on any atom is -0.370 e. The first-order valence-electron chi connectivity index (χ1n) is 8.28. The number of nitrogens with zero attached hydrogens (tertiary/aromatic N) is 5. The van der Waals surface area contributed by atoms with Gasteiger partial charge >= 0.3 is 0 Å². The van der Waals surface area contributed by atoms with Gasteiger partial charge in [-0.3, -0.25) is 4.79 Å². The molecule has 1 aromatic rings. The second kappa shape index (κ2) is 8.47. The summed E-state index contributed by atoms with van der Waals surface area (Å²) in [7, 11) is 1.93. The molecule has 1 aromatic heterocycles. The van der Waals surface area contributed by atoms with E-state index in [-0.39, 0.29) is 11.8 Å². The van der Waals surface area contributed by atoms with Gasteiger partial charge in [0.25, 0.3) is 0 Å². The van der Waals surface area contributed by atoms with Gasteiger partial charge in [0.1, 0.15) is 12.4 Å². The summed E-state index contributed by atoms with van der Waals surface area (Å²) < 4.78 is 1.93. The maximum absolute atomic E-state index is 11.2. The summed E-state index contributed by atoms with van der Waals surface area (Å²) in [4.78, 5) is 18.1. The number of nitrogens with two attached hydrogens (primary N) is 1. The summed E-state index contributed by atoms with van der Waals surface area (Å²) in [6.07, 6.45) is 4.27. The molecule has 1 aliphatic rings. The van der Waals surface area contributed by atoms with Gasteiger partial charge in [-0.1, -0.05) is 6.08 Å². The number of hydrogen-bond donors (Lipinski definition) is 2. The van der Waals surface area contributed by atoms with Crippen LogP contribution in [0.25, 0.3) is 0 Å². The van der Waals surface area contributed by atoms with Crippen LogP contribution in [0.5, 0.6) is 0 Å². The lowest BCUT2D eigenvalue weighted by Gasteiger charge is -2.34. The van der Waals surface area contributed by atoms with E-state index in [2.05, 4.69) is 32.0 Å². The van der Waals surface area contributed by atoms with Crippen molar-refractivity contribution >= 4 is 11.9 Å². The number of aryl methyl sites for hydroxylation is 1. The van der Waals surface area contributed by atoms with E-state index in [0.29, 0.717) is 19.5 Å². The van der Waals surface area contributed by atoms with Crippen molar-refractivity contribution in [3.63, 3.8) is 0 Å². The van der Waals surface area contributed by atoms with E-state index in [1.54, 1.807) is 6.08 Å². The van der Waals surface area contributed by atoms with Crippen LogP contribution < -0.4 is 11.1 Å². The second-order valence-electron chi connectivity index (χ2n) is 6.16. The predicted octanol–water partition coefficient (Wildman–Crippen LogP) is 0.343. The normalized spacial score (nSPS) is 18.5. The highest BCUT2D eigenvalue weighted by atomic mass is 16.1. The van der Waals surface area contributed by atoms with Crippen molar-refractivity contribution in [2.75, 3.05) is 19.6 Å². The number of carbonyl (C=O) groups excluding carboxylic acids is 1. The fourth-order valence-electron chi connectivity index (χ4n) is 2.87. The van der Waals surface area contributed by atoms with Gasteiger partial charge in [0.05, 0.1) is 0 Å². The van der Waals surface area contributed by atoms with Crippen molar-refractivity contribution in [2.24, 2.45) is 23.7 Å². The average Bonchev–Trinajstić information content (AvgIpc) is 2.86. The van der Waals surface area contributed by atoms with Gasteiger partial charge in [0, 0.05) is 33.1 Å². The quantitative estimate of drug-likeness (QED) is 0.444. The molecule has 8 heteroatoms. The van der Waals surface area contributed by atoms with E-state index in [0.717, 1.165) is 43.5 Å². The smallest absolute Gasteiger partial charge is 0.217 e. The fraction of sp³-hybridized carbons (Fsp3) is 0.625. The van der Waals surface area contributed by atoms with Crippen LogP contribution in [0.2, 0.25) is 0 Å². The van der Waals surface area contributed by atoms with Gasteiger partial charge in [-0.15, -0.1) is 16.8 Å². The molecule has 132 valence electrons. The Morgan fingerprint density at radius 2 is 2.33 bits per heavy atom. The molecule has 8 nitrogen and oxygen atoms in total. The zero-order chi connectivity index (χ0) is 17.5. The number of nitrogens with one attached hydrogen (secondary N) is 1. The molecule has 1 atom stereocenters. The first-order valence-corrected chi connectivity index (χ1v) is 8.28. The molecular weight excluding hydrogens is 306 g/mol. The van der Waals surface area contributed by atoms with Gasteiger partial charge < -0.3 is 20.5 Å². The van der Waals surface area contributed by atoms with Crippen LogP contribution in [0.4, 0.5) is 0 Å². The standard InChI is InChI=1S/C16H27N7O/c1-4-7-18-16(19-10-15-21-20-12(2)22(15)3)23-8-5-6-13(11-23)9-14(17)24/h4,13H,1,5-11H2,2-3H3,(H2,17,24)(H,18,19). The van der Waals surface area contributed by atoms with E-state index in [4.69, 9.17) is 5.73 Å². The number of carbonyl (C=O) groups is 1. The van der Waals surface area contributed by atoms with E-state index in [9.17, 15) is 4.79 Å². The lowest BCUT2D eigenvalue weighted by molar-refractivity contribution is -0.119. The van der Waals surface area contributed by atoms with Gasteiger partial charge in [-0.05, 0) is 25.7 Å². The highest BCUT2D eigenvalue weighted by Gasteiger charge is 2.23. The molecule has 24 heavy (non-hydrogen) atoms. The lowest BCUT2D eigenvalue weighted by Crippen LogP contribution is -2.47. The largest absolute Gasteiger partial charge is 0.370 e. The highest BCUT2D eigenvalue weighted by Crippen LogP contribution is 2.19. The molecule has 1 saturated heterocycles. The number of likely N-dealkylation sites (tertiary alicyclic amines) is 1. The summed E-state index contributed by atoms with van der Waals surface area (Å²) in [6, 6.07) is 0. The van der Waals surface area contributed by atoms with Gasteiger partial charge in [0.2, 0.25) is 5.91 Å². The van der Waals surface area contributed by atoms with Crippen LogP contribution >= 0.6 is 0 Å². The molecule has 1 aliphatic heterocycles. The van der Waals surface area contributed by atoms with Crippen LogP contribution in [0.1, 0.15) is 30.9 Å². The van der Waals surface area contributed by atoms with Crippen molar-refractivity contribution in [1.29, 1.82) is 0 Å². The number of hydrogen-bond acceptors (Lipinski definition) is 4. The molecular formula is C16H27N7O. The van der Waals surface area contributed by atoms with Crippen molar-refractivity contribution in [3.8, 4) is 0 Å². The number of primary amides is 1. The Bertz CT molecular complexity index is 608. The van der Waals surface area contributed by atoms with Crippen molar-refractivity contribution in [1.82, 2.24) is 25.0 Å². The lowest BCUT2D eigenvalue weighted by atomic mass is 9.95. The SMILES string of the molecule is C=CCNC(=NCc1nnc(C)n1C)N1CCCC(CC(N)=O)C1. The predicted molar refractivity (Wildman–Crippen MR) is 93.2 cm³/mol. The van der Waals surface area contributed by atoms with Gasteiger partial charge in [-0.25, -0.2) is 4.99 Å². The molecule has 0 aliphatic carbocycles. The Balaban J connectivity index is 2.08. The number of piperidine rings is 1. The van der Waals surface area contributed by atoms with Crippen LogP contribution in [0.3, 0.4) is 0 Å². The Hall–Kier alpha value is -2.38. The maximum atomic E-state index is 11.2. The summed E-state index contributed by atoms with van der Waals surface area (Å²) in [5.41, 5.74) is 5.34. The van der Waals surface area contributed by atoms with Crippen molar-refractivity contribution < 1.29 is 4.79 Å². The number of guanidine groups is 1. The minimum atomic E-state index is -0.242. The topological polar surface area (TPSA) is 101 Å². The average molecular weight is 333 g/mol. The van der Waals surface area contributed by atoms with Crippen LogP contribution in [0.15, 0.2) is 17.6 Å².